The maximum Gasteiger partial charge on any atom is 0.348 e. The second-order valence-corrected chi connectivity index (χ2v) is 11.9. The van der Waals surface area contributed by atoms with Gasteiger partial charge in [-0.25, -0.2) is 18.0 Å². The van der Waals surface area contributed by atoms with Crippen LogP contribution in [0.1, 0.15) is 56.6 Å². The number of hydrogen-bond acceptors (Lipinski definition) is 6. The predicted octanol–water partition coefficient (Wildman–Crippen LogP) is 6.86. The Morgan fingerprint density at radius 2 is 1.50 bits per heavy atom. The smallest absolute Gasteiger partial charge is 0.348 e. The van der Waals surface area contributed by atoms with Gasteiger partial charge >= 0.3 is 5.97 Å². The number of carbonyl (C=O) groups excluding carboxylic acids is 1. The third-order valence-electron chi connectivity index (χ3n) is 8.99. The number of carboxylic acids is 1. The predicted molar refractivity (Wildman–Crippen MR) is 158 cm³/mol. The van der Waals surface area contributed by atoms with Crippen molar-refractivity contribution in [3.8, 4) is 5.75 Å². The van der Waals surface area contributed by atoms with Gasteiger partial charge in [-0.1, -0.05) is 31.4 Å². The van der Waals surface area contributed by atoms with Gasteiger partial charge in [0.1, 0.15) is 17.7 Å². The molecule has 0 spiro atoms. The van der Waals surface area contributed by atoms with Crippen molar-refractivity contribution in [1.82, 2.24) is 0 Å². The molecule has 1 heterocycles. The summed E-state index contributed by atoms with van der Waals surface area (Å²) in [5.74, 6) is -4.48. The Labute approximate surface area is 252 Å². The number of rotatable bonds is 10. The van der Waals surface area contributed by atoms with Gasteiger partial charge in [-0.15, -0.1) is 0 Å². The zero-order valence-corrected chi connectivity index (χ0v) is 24.2. The van der Waals surface area contributed by atoms with Crippen molar-refractivity contribution in [1.29, 1.82) is 0 Å². The molecule has 3 aliphatic rings. The molecule has 2 aliphatic carbocycles. The highest BCUT2D eigenvalue weighted by atomic mass is 19.2. The lowest BCUT2D eigenvalue weighted by Crippen LogP contribution is -2.60. The molecular weight excluding hydrogens is 575 g/mol. The second kappa shape index (κ2) is 11.7. The van der Waals surface area contributed by atoms with Crippen LogP contribution in [0.3, 0.4) is 0 Å². The van der Waals surface area contributed by atoms with Crippen LogP contribution in [0.5, 0.6) is 5.75 Å². The van der Waals surface area contributed by atoms with Crippen LogP contribution in [0.15, 0.2) is 60.7 Å². The van der Waals surface area contributed by atoms with Crippen molar-refractivity contribution in [3.05, 3.63) is 83.7 Å². The number of fused-ring (bicyclic) bond motifs is 1. The van der Waals surface area contributed by atoms with Crippen molar-refractivity contribution in [2.45, 2.75) is 62.3 Å². The number of benzene rings is 3. The van der Waals surface area contributed by atoms with E-state index in [-0.39, 0.29) is 23.2 Å². The molecule has 2 fully saturated rings. The number of halogens is 3. The van der Waals surface area contributed by atoms with Crippen LogP contribution in [0.2, 0.25) is 0 Å². The van der Waals surface area contributed by atoms with Crippen LogP contribution in [0.25, 0.3) is 0 Å². The average molecular weight is 610 g/mol. The molecular formula is C33H34F3N3O5. The van der Waals surface area contributed by atoms with Gasteiger partial charge in [0.05, 0.1) is 17.3 Å². The third kappa shape index (κ3) is 5.56. The highest BCUT2D eigenvalue weighted by molar-refractivity contribution is 5.96. The first-order valence-corrected chi connectivity index (χ1v) is 14.8. The van der Waals surface area contributed by atoms with Crippen LogP contribution in [-0.2, 0) is 14.3 Å². The summed E-state index contributed by atoms with van der Waals surface area (Å²) in [7, 11) is 1.47. The third-order valence-corrected chi connectivity index (χ3v) is 8.99. The molecule has 1 amide bonds. The summed E-state index contributed by atoms with van der Waals surface area (Å²) in [4.78, 5) is 26.0. The largest absolute Gasteiger partial charge is 0.478 e. The molecule has 232 valence electrons. The van der Waals surface area contributed by atoms with E-state index in [4.69, 9.17) is 9.47 Å². The van der Waals surface area contributed by atoms with Gasteiger partial charge in [0.15, 0.2) is 17.3 Å². The van der Waals surface area contributed by atoms with Gasteiger partial charge in [0.25, 0.3) is 0 Å². The molecule has 3 aromatic carbocycles. The molecule has 2 unspecified atom stereocenters. The lowest BCUT2D eigenvalue weighted by molar-refractivity contribution is -0.147. The van der Waals surface area contributed by atoms with E-state index in [1.165, 1.54) is 19.2 Å². The number of carbonyl (C=O) groups is 2. The number of methoxy groups -OCH3 is 1. The van der Waals surface area contributed by atoms with Crippen molar-refractivity contribution in [2.24, 2.45) is 11.8 Å². The number of amides is 1. The summed E-state index contributed by atoms with van der Waals surface area (Å²) < 4.78 is 54.5. The van der Waals surface area contributed by atoms with Crippen molar-refractivity contribution >= 4 is 28.9 Å². The number of ether oxygens (including phenoxy) is 2. The molecule has 11 heteroatoms. The molecule has 0 radical (unpaired) electrons. The first kappa shape index (κ1) is 29.8. The number of carboxylic acid groups (broad SMARTS) is 1. The van der Waals surface area contributed by atoms with E-state index in [0.717, 1.165) is 44.2 Å². The minimum absolute atomic E-state index is 0.140. The Hall–Kier alpha value is -4.25. The van der Waals surface area contributed by atoms with Gasteiger partial charge in [-0.3, -0.25) is 4.79 Å². The SMILES string of the molecule is COC(c1ccc(F)cc1)C1(C(C(=O)Nc2ccc(OC3(C(=O)O)CC3)cc2)C2CCCCC2)Nc2cc(F)c(F)cc2N1. The number of anilines is 3. The van der Waals surface area contributed by atoms with E-state index in [0.29, 0.717) is 29.8 Å². The molecule has 0 bridgehead atoms. The molecule has 44 heavy (non-hydrogen) atoms. The highest BCUT2D eigenvalue weighted by Crippen LogP contribution is 2.51. The van der Waals surface area contributed by atoms with Crippen LogP contribution < -0.4 is 20.7 Å². The topological polar surface area (TPSA) is 109 Å². The monoisotopic (exact) mass is 609 g/mol. The minimum atomic E-state index is -1.41. The molecule has 6 rings (SSSR count). The number of hydrogen-bond donors (Lipinski definition) is 4. The normalized spacial score (nSPS) is 19.5. The van der Waals surface area contributed by atoms with Crippen LogP contribution in [-0.4, -0.2) is 35.4 Å². The Kier molecular flexibility index (Phi) is 7.91. The fourth-order valence-electron chi connectivity index (χ4n) is 6.69. The second-order valence-electron chi connectivity index (χ2n) is 11.9. The summed E-state index contributed by atoms with van der Waals surface area (Å²) in [6.45, 7) is 0. The molecule has 0 saturated heterocycles. The van der Waals surface area contributed by atoms with E-state index in [1.807, 2.05) is 0 Å². The van der Waals surface area contributed by atoms with Crippen LogP contribution in [0, 0.1) is 29.3 Å². The maximum atomic E-state index is 14.4. The standard InChI is InChI=1S/C33H34F3N3O5/c1-43-29(20-7-9-21(34)10-8-20)33(38-26-17-24(35)25(36)18-27(26)39-33)28(19-5-3-2-4-6-19)30(40)37-22-11-13-23(14-12-22)44-32(15-16-32)31(41)42/h7-14,17-19,28-29,38-39H,2-6,15-16H2,1H3,(H,37,40)(H,41,42). The Morgan fingerprint density at radius 1 is 0.909 bits per heavy atom. The summed E-state index contributed by atoms with van der Waals surface area (Å²) in [5.41, 5.74) is -1.05. The summed E-state index contributed by atoms with van der Waals surface area (Å²) in [6, 6.07) is 14.3. The molecule has 0 aromatic heterocycles. The Morgan fingerprint density at radius 3 is 2.02 bits per heavy atom. The first-order valence-electron chi connectivity index (χ1n) is 14.8. The molecule has 8 nitrogen and oxygen atoms in total. The number of nitrogens with one attached hydrogen (secondary N) is 3. The van der Waals surface area contributed by atoms with Gasteiger partial charge in [0.2, 0.25) is 11.5 Å². The number of aliphatic carboxylic acids is 1. The Balaban J connectivity index is 1.38. The highest BCUT2D eigenvalue weighted by Gasteiger charge is 2.56. The maximum absolute atomic E-state index is 14.4. The van der Waals surface area contributed by atoms with Crippen LogP contribution >= 0.6 is 0 Å². The Bertz CT molecular complexity index is 1510. The average Bonchev–Trinajstić information content (AvgIpc) is 3.71. The van der Waals surface area contributed by atoms with Gasteiger partial charge in [0, 0.05) is 37.8 Å². The fraction of sp³-hybridized carbons (Fsp3) is 0.394. The van der Waals surface area contributed by atoms with Gasteiger partial charge < -0.3 is 30.5 Å². The van der Waals surface area contributed by atoms with E-state index in [2.05, 4.69) is 16.0 Å². The van der Waals surface area contributed by atoms with Gasteiger partial charge in [-0.05, 0) is 60.7 Å². The summed E-state index contributed by atoms with van der Waals surface area (Å²) in [5, 5.41) is 19.1. The minimum Gasteiger partial charge on any atom is -0.478 e. The molecule has 1 aliphatic heterocycles. The first-order chi connectivity index (χ1) is 21.1. The summed E-state index contributed by atoms with van der Waals surface area (Å²) in [6.07, 6.45) is 4.30. The van der Waals surface area contributed by atoms with Crippen molar-refractivity contribution < 1.29 is 37.3 Å². The zero-order valence-electron chi connectivity index (χ0n) is 24.2. The van der Waals surface area contributed by atoms with Crippen molar-refractivity contribution in [3.63, 3.8) is 0 Å². The van der Waals surface area contributed by atoms with Gasteiger partial charge in [-0.2, -0.15) is 0 Å². The molecule has 2 atom stereocenters. The van der Waals surface area contributed by atoms with Crippen LogP contribution in [0.4, 0.5) is 30.2 Å². The van der Waals surface area contributed by atoms with E-state index >= 15 is 0 Å². The van der Waals surface area contributed by atoms with E-state index in [1.54, 1.807) is 36.4 Å². The fourth-order valence-corrected chi connectivity index (χ4v) is 6.69. The zero-order chi connectivity index (χ0) is 31.1. The lowest BCUT2D eigenvalue weighted by atomic mass is 9.70. The van der Waals surface area contributed by atoms with E-state index in [9.17, 15) is 27.9 Å². The quantitative estimate of drug-likeness (QED) is 0.199. The molecule has 4 N–H and O–H groups in total. The lowest BCUT2D eigenvalue weighted by Gasteiger charge is -2.46. The molecule has 2 saturated carbocycles. The van der Waals surface area contributed by atoms with Crippen molar-refractivity contribution in [2.75, 3.05) is 23.1 Å². The van der Waals surface area contributed by atoms with E-state index < -0.39 is 46.7 Å². The summed E-state index contributed by atoms with van der Waals surface area (Å²) >= 11 is 0. The molecule has 3 aromatic rings.